The van der Waals surface area contributed by atoms with E-state index in [2.05, 4.69) is 15.0 Å². The minimum Gasteiger partial charge on any atom is -0.478 e. The predicted molar refractivity (Wildman–Crippen MR) is 111 cm³/mol. The lowest BCUT2D eigenvalue weighted by atomic mass is 10.0. The van der Waals surface area contributed by atoms with Crippen LogP contribution in [0.3, 0.4) is 0 Å². The second kappa shape index (κ2) is 7.37. The van der Waals surface area contributed by atoms with E-state index in [1.165, 1.54) is 35.0 Å². The SMILES string of the molecule is Cc1nc2c(C(=O)O)cc(-c3ccnc(F)c3F)cc2n1-c1ccnc2cc(F)cc(F)c12. The van der Waals surface area contributed by atoms with E-state index < -0.39 is 29.4 Å². The summed E-state index contributed by atoms with van der Waals surface area (Å²) in [7, 11) is 0. The summed E-state index contributed by atoms with van der Waals surface area (Å²) < 4.78 is 58.1. The van der Waals surface area contributed by atoms with E-state index in [0.717, 1.165) is 12.3 Å². The number of benzene rings is 2. The van der Waals surface area contributed by atoms with Gasteiger partial charge in [-0.15, -0.1) is 0 Å². The third-order valence-electron chi connectivity index (χ3n) is 5.29. The fourth-order valence-corrected chi connectivity index (χ4v) is 3.93. The van der Waals surface area contributed by atoms with E-state index in [0.29, 0.717) is 11.9 Å². The summed E-state index contributed by atoms with van der Waals surface area (Å²) in [5.41, 5.74) is 0.137. The number of carboxylic acids is 1. The van der Waals surface area contributed by atoms with Gasteiger partial charge in [-0.1, -0.05) is 0 Å². The molecule has 1 N–H and O–H groups in total. The van der Waals surface area contributed by atoms with E-state index in [1.54, 1.807) is 6.92 Å². The number of halogens is 4. The van der Waals surface area contributed by atoms with Crippen LogP contribution in [0.1, 0.15) is 16.2 Å². The molecule has 10 heteroatoms. The van der Waals surface area contributed by atoms with Gasteiger partial charge in [0.25, 0.3) is 0 Å². The molecule has 3 heterocycles. The molecular formula is C23H12F4N4O2. The van der Waals surface area contributed by atoms with Gasteiger partial charge in [0.1, 0.15) is 23.0 Å². The third kappa shape index (κ3) is 3.18. The van der Waals surface area contributed by atoms with Crippen molar-refractivity contribution in [2.75, 3.05) is 0 Å². The maximum absolute atomic E-state index is 14.8. The standard InChI is InChI=1S/C23H12F4N4O2/c1-10-30-21-14(23(32)33)6-11(13-2-4-29-22(27)20(13)26)7-18(21)31(10)17-3-5-28-16-9-12(24)8-15(25)19(16)17/h2-9H,1H3,(H,32,33). The van der Waals surface area contributed by atoms with Crippen molar-refractivity contribution in [1.82, 2.24) is 19.5 Å². The van der Waals surface area contributed by atoms with Gasteiger partial charge in [-0.2, -0.15) is 4.39 Å². The highest BCUT2D eigenvalue weighted by atomic mass is 19.2. The fourth-order valence-electron chi connectivity index (χ4n) is 3.93. The Hall–Kier alpha value is -4.34. The minimum absolute atomic E-state index is 0.00952. The number of carboxylic acid groups (broad SMARTS) is 1. The van der Waals surface area contributed by atoms with Crippen LogP contribution in [0.4, 0.5) is 17.6 Å². The number of hydrogen-bond acceptors (Lipinski definition) is 4. The number of pyridine rings is 2. The lowest BCUT2D eigenvalue weighted by molar-refractivity contribution is 0.0699. The van der Waals surface area contributed by atoms with Crippen molar-refractivity contribution >= 4 is 27.9 Å². The van der Waals surface area contributed by atoms with E-state index >= 15 is 0 Å². The van der Waals surface area contributed by atoms with Gasteiger partial charge in [0, 0.05) is 30.1 Å². The summed E-state index contributed by atoms with van der Waals surface area (Å²) in [6.07, 6.45) is 2.41. The minimum atomic E-state index is -1.34. The molecule has 0 unspecified atom stereocenters. The van der Waals surface area contributed by atoms with Gasteiger partial charge in [-0.05, 0) is 36.8 Å². The maximum atomic E-state index is 14.8. The fraction of sp³-hybridized carbons (Fsp3) is 0.0435. The Balaban J connectivity index is 1.90. The van der Waals surface area contributed by atoms with Crippen molar-refractivity contribution in [3.8, 4) is 16.8 Å². The molecule has 0 saturated heterocycles. The number of hydrogen-bond donors (Lipinski definition) is 1. The van der Waals surface area contributed by atoms with E-state index in [9.17, 15) is 27.5 Å². The average Bonchev–Trinajstić information content (AvgIpc) is 3.09. The topological polar surface area (TPSA) is 80.9 Å². The van der Waals surface area contributed by atoms with Crippen molar-refractivity contribution < 1.29 is 27.5 Å². The van der Waals surface area contributed by atoms with Gasteiger partial charge in [0.2, 0.25) is 5.95 Å². The molecule has 0 saturated carbocycles. The number of aromatic carboxylic acids is 1. The summed E-state index contributed by atoms with van der Waals surface area (Å²) in [6.45, 7) is 1.58. The number of aryl methyl sites for hydroxylation is 1. The number of rotatable bonds is 3. The lowest BCUT2D eigenvalue weighted by Crippen LogP contribution is -2.03. The van der Waals surface area contributed by atoms with Crippen LogP contribution >= 0.6 is 0 Å². The van der Waals surface area contributed by atoms with Gasteiger partial charge in [0.05, 0.1) is 27.7 Å². The summed E-state index contributed by atoms with van der Waals surface area (Å²) in [5.74, 6) is -5.30. The van der Waals surface area contributed by atoms with Crippen molar-refractivity contribution in [1.29, 1.82) is 0 Å². The van der Waals surface area contributed by atoms with Crippen molar-refractivity contribution in [2.24, 2.45) is 0 Å². The van der Waals surface area contributed by atoms with Crippen molar-refractivity contribution in [2.45, 2.75) is 6.92 Å². The molecule has 0 fully saturated rings. The van der Waals surface area contributed by atoms with Gasteiger partial charge in [-0.25, -0.2) is 27.9 Å². The van der Waals surface area contributed by atoms with Crippen LogP contribution in [0.25, 0.3) is 38.8 Å². The number of carbonyl (C=O) groups is 1. The molecule has 2 aromatic carbocycles. The molecule has 3 aromatic heterocycles. The first-order valence-corrected chi connectivity index (χ1v) is 9.57. The Morgan fingerprint density at radius 2 is 1.76 bits per heavy atom. The molecule has 0 bridgehead atoms. The zero-order chi connectivity index (χ0) is 23.4. The molecule has 0 atom stereocenters. The van der Waals surface area contributed by atoms with Crippen LogP contribution in [-0.2, 0) is 0 Å². The van der Waals surface area contributed by atoms with Crippen LogP contribution in [-0.4, -0.2) is 30.6 Å². The summed E-state index contributed by atoms with van der Waals surface area (Å²) >= 11 is 0. The van der Waals surface area contributed by atoms with Crippen LogP contribution in [0.2, 0.25) is 0 Å². The molecule has 0 amide bonds. The van der Waals surface area contributed by atoms with E-state index in [-0.39, 0.29) is 44.3 Å². The Kier molecular flexibility index (Phi) is 4.59. The van der Waals surface area contributed by atoms with Gasteiger partial charge in [-0.3, -0.25) is 9.55 Å². The van der Waals surface area contributed by atoms with Crippen molar-refractivity contribution in [3.05, 3.63) is 83.6 Å². The first-order chi connectivity index (χ1) is 15.8. The zero-order valence-electron chi connectivity index (χ0n) is 16.8. The van der Waals surface area contributed by atoms with Gasteiger partial charge in [0.15, 0.2) is 5.82 Å². The molecule has 0 aliphatic carbocycles. The Morgan fingerprint density at radius 1 is 1.00 bits per heavy atom. The van der Waals surface area contributed by atoms with Gasteiger partial charge < -0.3 is 5.11 Å². The highest BCUT2D eigenvalue weighted by Gasteiger charge is 2.22. The molecule has 0 radical (unpaired) electrons. The molecule has 0 aliphatic heterocycles. The summed E-state index contributed by atoms with van der Waals surface area (Å²) in [6, 6.07) is 7.07. The van der Waals surface area contributed by atoms with Crippen LogP contribution in [0, 0.1) is 30.3 Å². The molecule has 33 heavy (non-hydrogen) atoms. The first kappa shape index (κ1) is 20.6. The van der Waals surface area contributed by atoms with E-state index in [4.69, 9.17) is 0 Å². The lowest BCUT2D eigenvalue weighted by Gasteiger charge is -2.12. The Labute approximate surface area is 182 Å². The molecule has 6 nitrogen and oxygen atoms in total. The maximum Gasteiger partial charge on any atom is 0.337 e. The average molecular weight is 452 g/mol. The number of imidazole rings is 1. The largest absolute Gasteiger partial charge is 0.478 e. The second-order valence-corrected chi connectivity index (χ2v) is 7.27. The summed E-state index contributed by atoms with van der Waals surface area (Å²) in [5, 5.41) is 9.74. The second-order valence-electron chi connectivity index (χ2n) is 7.27. The summed E-state index contributed by atoms with van der Waals surface area (Å²) in [4.78, 5) is 23.6. The normalized spacial score (nSPS) is 11.4. The first-order valence-electron chi connectivity index (χ1n) is 9.57. The Bertz CT molecular complexity index is 1610. The molecule has 5 rings (SSSR count). The van der Waals surface area contributed by atoms with E-state index in [1.807, 2.05) is 0 Å². The van der Waals surface area contributed by atoms with Gasteiger partial charge >= 0.3 is 5.97 Å². The van der Waals surface area contributed by atoms with Crippen LogP contribution in [0.5, 0.6) is 0 Å². The van der Waals surface area contributed by atoms with Crippen LogP contribution in [0.15, 0.2) is 48.8 Å². The Morgan fingerprint density at radius 3 is 2.52 bits per heavy atom. The zero-order valence-corrected chi connectivity index (χ0v) is 16.8. The number of fused-ring (bicyclic) bond motifs is 2. The molecule has 164 valence electrons. The third-order valence-corrected chi connectivity index (χ3v) is 5.29. The predicted octanol–water partition coefficient (Wildman–Crippen LogP) is 5.20. The number of aromatic nitrogens is 4. The van der Waals surface area contributed by atoms with Crippen molar-refractivity contribution in [3.63, 3.8) is 0 Å². The monoisotopic (exact) mass is 452 g/mol. The highest BCUT2D eigenvalue weighted by molar-refractivity contribution is 6.04. The van der Waals surface area contributed by atoms with Crippen LogP contribution < -0.4 is 0 Å². The molecular weight excluding hydrogens is 440 g/mol. The number of nitrogens with zero attached hydrogens (tertiary/aromatic N) is 4. The smallest absolute Gasteiger partial charge is 0.337 e. The quantitative estimate of drug-likeness (QED) is 0.301. The molecule has 0 spiro atoms. The molecule has 0 aliphatic rings. The highest BCUT2D eigenvalue weighted by Crippen LogP contribution is 2.34. The molecule has 5 aromatic rings.